The van der Waals surface area contributed by atoms with E-state index in [-0.39, 0.29) is 5.91 Å². The van der Waals surface area contributed by atoms with Gasteiger partial charge in [-0.3, -0.25) is 4.79 Å². The van der Waals surface area contributed by atoms with Crippen LogP contribution in [-0.2, 0) is 0 Å². The molecule has 17 heavy (non-hydrogen) atoms. The van der Waals surface area contributed by atoms with Gasteiger partial charge in [0, 0.05) is 10.1 Å². The van der Waals surface area contributed by atoms with Crippen molar-refractivity contribution in [1.29, 1.82) is 5.26 Å². The van der Waals surface area contributed by atoms with Gasteiger partial charge >= 0.3 is 0 Å². The molecule has 0 aliphatic carbocycles. The van der Waals surface area contributed by atoms with Crippen molar-refractivity contribution in [3.8, 4) is 6.07 Å². The summed E-state index contributed by atoms with van der Waals surface area (Å²) in [6, 6.07) is 7.79. The van der Waals surface area contributed by atoms with Crippen molar-refractivity contribution in [2.45, 2.75) is 20.8 Å². The van der Waals surface area contributed by atoms with E-state index in [1.54, 1.807) is 19.9 Å². The highest BCUT2D eigenvalue weighted by molar-refractivity contribution is 14.1. The fourth-order valence-corrected chi connectivity index (χ4v) is 1.86. The fraction of sp³-hybridized carbons (Fsp3) is 0.385. The molecule has 0 spiro atoms. The minimum Gasteiger partial charge on any atom is -0.350 e. The third-order valence-electron chi connectivity index (χ3n) is 2.43. The first-order valence-electron chi connectivity index (χ1n) is 5.32. The van der Waals surface area contributed by atoms with Gasteiger partial charge in [0.2, 0.25) is 0 Å². The number of halogens is 1. The average molecular weight is 342 g/mol. The van der Waals surface area contributed by atoms with Crippen molar-refractivity contribution >= 4 is 28.5 Å². The Kier molecular flexibility index (Phi) is 4.52. The molecular weight excluding hydrogens is 327 g/mol. The lowest BCUT2D eigenvalue weighted by Gasteiger charge is -2.16. The van der Waals surface area contributed by atoms with Gasteiger partial charge in [-0.15, -0.1) is 0 Å². The summed E-state index contributed by atoms with van der Waals surface area (Å²) in [6.07, 6.45) is 0. The summed E-state index contributed by atoms with van der Waals surface area (Å²) < 4.78 is 0.956. The molecule has 90 valence electrons. The molecule has 0 heterocycles. The van der Waals surface area contributed by atoms with Crippen LogP contribution in [-0.4, -0.2) is 12.5 Å². The number of aryl methyl sites for hydroxylation is 1. The molecule has 0 aliphatic rings. The molecule has 0 unspecified atom stereocenters. The van der Waals surface area contributed by atoms with E-state index in [1.165, 1.54) is 0 Å². The maximum Gasteiger partial charge on any atom is 0.252 e. The van der Waals surface area contributed by atoms with Crippen LogP contribution in [0.3, 0.4) is 0 Å². The molecule has 0 bridgehead atoms. The zero-order valence-corrected chi connectivity index (χ0v) is 12.3. The van der Waals surface area contributed by atoms with Crippen molar-refractivity contribution in [2.24, 2.45) is 5.41 Å². The normalized spacial score (nSPS) is 10.8. The van der Waals surface area contributed by atoms with Crippen molar-refractivity contribution in [3.63, 3.8) is 0 Å². The van der Waals surface area contributed by atoms with Crippen LogP contribution in [0.5, 0.6) is 0 Å². The lowest BCUT2D eigenvalue weighted by atomic mass is 9.96. The number of carbonyl (C=O) groups is 1. The molecule has 1 amide bonds. The van der Waals surface area contributed by atoms with Gasteiger partial charge in [0.05, 0.1) is 17.0 Å². The highest BCUT2D eigenvalue weighted by Crippen LogP contribution is 2.17. The molecule has 0 fully saturated rings. The van der Waals surface area contributed by atoms with E-state index in [0.29, 0.717) is 12.1 Å². The van der Waals surface area contributed by atoms with E-state index in [0.717, 1.165) is 9.13 Å². The molecule has 0 atom stereocenters. The molecule has 1 aromatic rings. The van der Waals surface area contributed by atoms with Crippen LogP contribution in [0.4, 0.5) is 0 Å². The first-order valence-corrected chi connectivity index (χ1v) is 6.40. The number of hydrogen-bond donors (Lipinski definition) is 1. The summed E-state index contributed by atoms with van der Waals surface area (Å²) in [6.45, 7) is 5.92. The smallest absolute Gasteiger partial charge is 0.252 e. The van der Waals surface area contributed by atoms with Crippen molar-refractivity contribution in [3.05, 3.63) is 32.9 Å². The molecule has 0 saturated heterocycles. The number of rotatable bonds is 3. The van der Waals surface area contributed by atoms with Crippen LogP contribution in [0, 0.1) is 27.2 Å². The second-order valence-electron chi connectivity index (χ2n) is 4.61. The Bertz CT molecular complexity index is 475. The van der Waals surface area contributed by atoms with E-state index >= 15 is 0 Å². The Morgan fingerprint density at radius 1 is 1.53 bits per heavy atom. The highest BCUT2D eigenvalue weighted by Gasteiger charge is 2.19. The highest BCUT2D eigenvalue weighted by atomic mass is 127. The number of hydrogen-bond acceptors (Lipinski definition) is 2. The van der Waals surface area contributed by atoms with Gasteiger partial charge in [-0.25, -0.2) is 0 Å². The molecule has 1 rings (SSSR count). The Morgan fingerprint density at radius 3 is 2.76 bits per heavy atom. The summed E-state index contributed by atoms with van der Waals surface area (Å²) in [5.74, 6) is -0.124. The maximum atomic E-state index is 12.0. The second-order valence-corrected chi connectivity index (χ2v) is 5.69. The maximum absolute atomic E-state index is 12.0. The minimum absolute atomic E-state index is 0.124. The van der Waals surface area contributed by atoms with Crippen LogP contribution < -0.4 is 5.32 Å². The summed E-state index contributed by atoms with van der Waals surface area (Å²) in [5, 5.41) is 11.7. The molecule has 4 heteroatoms. The van der Waals surface area contributed by atoms with Gasteiger partial charge in [0.1, 0.15) is 0 Å². The summed E-state index contributed by atoms with van der Waals surface area (Å²) in [4.78, 5) is 12.0. The monoisotopic (exact) mass is 342 g/mol. The zero-order valence-electron chi connectivity index (χ0n) is 10.2. The number of amides is 1. The van der Waals surface area contributed by atoms with Gasteiger partial charge in [0.15, 0.2) is 0 Å². The SMILES string of the molecule is Cc1cccc(C(=O)NCC(C)(C)C#N)c1I. The molecule has 3 nitrogen and oxygen atoms in total. The average Bonchev–Trinajstić information content (AvgIpc) is 2.30. The first kappa shape index (κ1) is 14.0. The Morgan fingerprint density at radius 2 is 2.18 bits per heavy atom. The third kappa shape index (κ3) is 3.70. The Balaban J connectivity index is 2.79. The van der Waals surface area contributed by atoms with Crippen molar-refractivity contribution < 1.29 is 4.79 Å². The lowest BCUT2D eigenvalue weighted by molar-refractivity contribution is 0.0942. The zero-order chi connectivity index (χ0) is 13.1. The van der Waals surface area contributed by atoms with E-state index in [1.807, 2.05) is 19.1 Å². The van der Waals surface area contributed by atoms with Crippen LogP contribution in [0.2, 0.25) is 0 Å². The number of nitriles is 1. The third-order valence-corrected chi connectivity index (χ3v) is 3.86. The van der Waals surface area contributed by atoms with Crippen LogP contribution in [0.15, 0.2) is 18.2 Å². The summed E-state index contributed by atoms with van der Waals surface area (Å²) in [5.41, 5.74) is 1.21. The molecule has 0 aliphatic heterocycles. The van der Waals surface area contributed by atoms with Gasteiger partial charge in [-0.05, 0) is 55.0 Å². The summed E-state index contributed by atoms with van der Waals surface area (Å²) >= 11 is 2.16. The van der Waals surface area contributed by atoms with Gasteiger partial charge in [0.25, 0.3) is 5.91 Å². The molecular formula is C13H15IN2O. The molecule has 0 saturated carbocycles. The predicted octanol–water partition coefficient (Wildman–Crippen LogP) is 2.88. The minimum atomic E-state index is -0.537. The van der Waals surface area contributed by atoms with Crippen molar-refractivity contribution in [2.75, 3.05) is 6.54 Å². The summed E-state index contributed by atoms with van der Waals surface area (Å²) in [7, 11) is 0. The lowest BCUT2D eigenvalue weighted by Crippen LogP contribution is -2.33. The fourth-order valence-electron chi connectivity index (χ4n) is 1.26. The van der Waals surface area contributed by atoms with Crippen LogP contribution >= 0.6 is 22.6 Å². The van der Waals surface area contributed by atoms with Gasteiger partial charge in [-0.2, -0.15) is 5.26 Å². The van der Waals surface area contributed by atoms with E-state index < -0.39 is 5.41 Å². The van der Waals surface area contributed by atoms with E-state index in [4.69, 9.17) is 5.26 Å². The van der Waals surface area contributed by atoms with E-state index in [2.05, 4.69) is 34.0 Å². The predicted molar refractivity (Wildman–Crippen MR) is 75.6 cm³/mol. The second kappa shape index (κ2) is 5.50. The topological polar surface area (TPSA) is 52.9 Å². The molecule has 1 N–H and O–H groups in total. The number of carbonyl (C=O) groups excluding carboxylic acids is 1. The Hall–Kier alpha value is -1.09. The molecule has 0 aromatic heterocycles. The Labute approximate surface area is 115 Å². The van der Waals surface area contributed by atoms with E-state index in [9.17, 15) is 4.79 Å². The van der Waals surface area contributed by atoms with Crippen LogP contribution in [0.1, 0.15) is 29.8 Å². The number of nitrogens with zero attached hydrogens (tertiary/aromatic N) is 1. The quantitative estimate of drug-likeness (QED) is 0.859. The van der Waals surface area contributed by atoms with Gasteiger partial charge in [-0.1, -0.05) is 12.1 Å². The molecule has 0 radical (unpaired) electrons. The first-order chi connectivity index (χ1) is 7.87. The van der Waals surface area contributed by atoms with Crippen LogP contribution in [0.25, 0.3) is 0 Å². The van der Waals surface area contributed by atoms with Crippen molar-refractivity contribution in [1.82, 2.24) is 5.32 Å². The number of nitrogens with one attached hydrogen (secondary N) is 1. The standard InChI is InChI=1S/C13H15IN2O/c1-9-5-4-6-10(11(9)14)12(17)16-8-13(2,3)7-15/h4-6H,8H2,1-3H3,(H,16,17). The number of benzene rings is 1. The van der Waals surface area contributed by atoms with Gasteiger partial charge < -0.3 is 5.32 Å². The largest absolute Gasteiger partial charge is 0.350 e. The molecule has 1 aromatic carbocycles.